The van der Waals surface area contributed by atoms with E-state index in [2.05, 4.69) is 24.1 Å². The molecule has 5 heteroatoms. The van der Waals surface area contributed by atoms with Crippen LogP contribution in [0.1, 0.15) is 33.6 Å². The number of rotatable bonds is 7. The number of pyridine rings is 1. The Labute approximate surface area is 142 Å². The molecule has 0 bridgehead atoms. The Kier molecular flexibility index (Phi) is 6.22. The van der Waals surface area contributed by atoms with Gasteiger partial charge in [-0.3, -0.25) is 9.78 Å². The lowest BCUT2D eigenvalue weighted by Crippen LogP contribution is -2.37. The standard InChI is InChI=1S/C18H24ClN3O/c1-4-18(23)22(13(2)3)11-5-9-20-16-8-10-21-17-12-14(19)6-7-15(16)17/h6-8,10,12-13H,4-5,9,11H2,1-3H3,(H,20,21). The quantitative estimate of drug-likeness (QED) is 0.767. The largest absolute Gasteiger partial charge is 0.384 e. The summed E-state index contributed by atoms with van der Waals surface area (Å²) in [6.45, 7) is 7.60. The molecule has 0 aliphatic carbocycles. The lowest BCUT2D eigenvalue weighted by Gasteiger charge is -2.26. The van der Waals surface area contributed by atoms with Crippen molar-refractivity contribution in [3.05, 3.63) is 35.5 Å². The van der Waals surface area contributed by atoms with E-state index in [0.29, 0.717) is 11.4 Å². The molecule has 2 rings (SSSR count). The Morgan fingerprint density at radius 1 is 1.35 bits per heavy atom. The first-order chi connectivity index (χ1) is 11.0. The van der Waals surface area contributed by atoms with Gasteiger partial charge in [-0.1, -0.05) is 18.5 Å². The molecule has 124 valence electrons. The minimum atomic E-state index is 0.212. The number of nitrogens with zero attached hydrogens (tertiary/aromatic N) is 2. The molecule has 23 heavy (non-hydrogen) atoms. The van der Waals surface area contributed by atoms with Gasteiger partial charge in [-0.2, -0.15) is 0 Å². The third-order valence-electron chi connectivity index (χ3n) is 3.84. The zero-order valence-electron chi connectivity index (χ0n) is 14.0. The van der Waals surface area contributed by atoms with Crippen LogP contribution in [0.25, 0.3) is 10.9 Å². The highest BCUT2D eigenvalue weighted by molar-refractivity contribution is 6.31. The summed E-state index contributed by atoms with van der Waals surface area (Å²) < 4.78 is 0. The normalized spacial score (nSPS) is 11.0. The van der Waals surface area contributed by atoms with Gasteiger partial charge in [0.05, 0.1) is 5.52 Å². The molecule has 0 aliphatic heterocycles. The number of nitrogens with one attached hydrogen (secondary N) is 1. The molecule has 1 N–H and O–H groups in total. The first-order valence-corrected chi connectivity index (χ1v) is 8.48. The first-order valence-electron chi connectivity index (χ1n) is 8.10. The van der Waals surface area contributed by atoms with Crippen molar-refractivity contribution in [2.24, 2.45) is 0 Å². The summed E-state index contributed by atoms with van der Waals surface area (Å²) in [6.07, 6.45) is 3.24. The van der Waals surface area contributed by atoms with Gasteiger partial charge in [-0.15, -0.1) is 0 Å². The number of hydrogen-bond donors (Lipinski definition) is 1. The van der Waals surface area contributed by atoms with Crippen LogP contribution in [0.2, 0.25) is 5.02 Å². The number of aromatic nitrogens is 1. The Balaban J connectivity index is 1.95. The number of carbonyl (C=O) groups is 1. The molecule has 0 aliphatic rings. The second kappa shape index (κ2) is 8.16. The zero-order valence-corrected chi connectivity index (χ0v) is 14.7. The van der Waals surface area contributed by atoms with Crippen molar-refractivity contribution in [3.63, 3.8) is 0 Å². The molecule has 1 aromatic carbocycles. The summed E-state index contributed by atoms with van der Waals surface area (Å²) in [5.41, 5.74) is 1.93. The molecule has 0 spiro atoms. The molecular weight excluding hydrogens is 310 g/mol. The van der Waals surface area contributed by atoms with Crippen LogP contribution in [0.4, 0.5) is 5.69 Å². The Morgan fingerprint density at radius 2 is 2.13 bits per heavy atom. The maximum atomic E-state index is 11.9. The van der Waals surface area contributed by atoms with Gasteiger partial charge in [-0.05, 0) is 44.5 Å². The maximum absolute atomic E-state index is 11.9. The van der Waals surface area contributed by atoms with Crippen molar-refractivity contribution in [1.82, 2.24) is 9.88 Å². The van der Waals surface area contributed by atoms with Crippen molar-refractivity contribution >= 4 is 34.1 Å². The molecule has 1 heterocycles. The molecule has 0 fully saturated rings. The zero-order chi connectivity index (χ0) is 16.8. The van der Waals surface area contributed by atoms with Gasteiger partial charge in [0.25, 0.3) is 0 Å². The topological polar surface area (TPSA) is 45.2 Å². The second-order valence-electron chi connectivity index (χ2n) is 5.83. The molecule has 0 radical (unpaired) electrons. The number of halogens is 1. The predicted octanol–water partition coefficient (Wildman–Crippen LogP) is 4.34. The highest BCUT2D eigenvalue weighted by atomic mass is 35.5. The van der Waals surface area contributed by atoms with E-state index in [-0.39, 0.29) is 11.9 Å². The number of hydrogen-bond acceptors (Lipinski definition) is 3. The Bertz CT molecular complexity index is 672. The SMILES string of the molecule is CCC(=O)N(CCCNc1ccnc2cc(Cl)ccc12)C(C)C. The number of anilines is 1. The number of amides is 1. The van der Waals surface area contributed by atoms with Gasteiger partial charge < -0.3 is 10.2 Å². The van der Waals surface area contributed by atoms with E-state index in [1.807, 2.05) is 36.1 Å². The van der Waals surface area contributed by atoms with E-state index >= 15 is 0 Å². The summed E-state index contributed by atoms with van der Waals surface area (Å²) >= 11 is 6.01. The van der Waals surface area contributed by atoms with Crippen molar-refractivity contribution in [3.8, 4) is 0 Å². The highest BCUT2D eigenvalue weighted by Crippen LogP contribution is 2.24. The van der Waals surface area contributed by atoms with E-state index in [4.69, 9.17) is 11.6 Å². The summed E-state index contributed by atoms with van der Waals surface area (Å²) in [5, 5.41) is 5.18. The monoisotopic (exact) mass is 333 g/mol. The average Bonchev–Trinajstić information content (AvgIpc) is 2.53. The van der Waals surface area contributed by atoms with Gasteiger partial charge in [0.1, 0.15) is 0 Å². The molecule has 1 amide bonds. The minimum absolute atomic E-state index is 0.212. The van der Waals surface area contributed by atoms with Crippen LogP contribution in [0.15, 0.2) is 30.5 Å². The van der Waals surface area contributed by atoms with Crippen LogP contribution in [-0.2, 0) is 4.79 Å². The third kappa shape index (κ3) is 4.58. The van der Waals surface area contributed by atoms with Gasteiger partial charge in [0.15, 0.2) is 0 Å². The van der Waals surface area contributed by atoms with Crippen LogP contribution >= 0.6 is 11.6 Å². The highest BCUT2D eigenvalue weighted by Gasteiger charge is 2.14. The Morgan fingerprint density at radius 3 is 2.83 bits per heavy atom. The fraction of sp³-hybridized carbons (Fsp3) is 0.444. The van der Waals surface area contributed by atoms with Crippen molar-refractivity contribution < 1.29 is 4.79 Å². The van der Waals surface area contributed by atoms with Crippen LogP contribution in [0.3, 0.4) is 0 Å². The molecule has 4 nitrogen and oxygen atoms in total. The van der Waals surface area contributed by atoms with Crippen LogP contribution < -0.4 is 5.32 Å². The van der Waals surface area contributed by atoms with Gasteiger partial charge in [-0.25, -0.2) is 0 Å². The summed E-state index contributed by atoms with van der Waals surface area (Å²) in [7, 11) is 0. The van der Waals surface area contributed by atoms with E-state index in [0.717, 1.165) is 36.1 Å². The van der Waals surface area contributed by atoms with Crippen molar-refractivity contribution in [2.75, 3.05) is 18.4 Å². The van der Waals surface area contributed by atoms with Gasteiger partial charge >= 0.3 is 0 Å². The fourth-order valence-corrected chi connectivity index (χ4v) is 2.79. The Hall–Kier alpha value is -1.81. The van der Waals surface area contributed by atoms with E-state index in [1.54, 1.807) is 6.20 Å². The first kappa shape index (κ1) is 17.5. The minimum Gasteiger partial charge on any atom is -0.384 e. The molecule has 2 aromatic rings. The molecule has 1 aromatic heterocycles. The lowest BCUT2D eigenvalue weighted by molar-refractivity contribution is -0.132. The maximum Gasteiger partial charge on any atom is 0.222 e. The summed E-state index contributed by atoms with van der Waals surface area (Å²) in [6, 6.07) is 7.92. The smallest absolute Gasteiger partial charge is 0.222 e. The molecule has 0 atom stereocenters. The van der Waals surface area contributed by atoms with Crippen molar-refractivity contribution in [2.45, 2.75) is 39.7 Å². The van der Waals surface area contributed by atoms with Crippen molar-refractivity contribution in [1.29, 1.82) is 0 Å². The number of fused-ring (bicyclic) bond motifs is 1. The molecule has 0 unspecified atom stereocenters. The lowest BCUT2D eigenvalue weighted by atomic mass is 10.2. The molecule has 0 saturated carbocycles. The third-order valence-corrected chi connectivity index (χ3v) is 4.08. The average molecular weight is 334 g/mol. The van der Waals surface area contributed by atoms with Gasteiger partial charge in [0, 0.05) is 47.8 Å². The van der Waals surface area contributed by atoms with Gasteiger partial charge in [0.2, 0.25) is 5.91 Å². The fourth-order valence-electron chi connectivity index (χ4n) is 2.62. The molecule has 0 saturated heterocycles. The number of carbonyl (C=O) groups excluding carboxylic acids is 1. The second-order valence-corrected chi connectivity index (χ2v) is 6.27. The van der Waals surface area contributed by atoms with Crippen LogP contribution in [0, 0.1) is 0 Å². The van der Waals surface area contributed by atoms with E-state index < -0.39 is 0 Å². The summed E-state index contributed by atoms with van der Waals surface area (Å²) in [4.78, 5) is 18.2. The van der Waals surface area contributed by atoms with E-state index in [1.165, 1.54) is 0 Å². The van der Waals surface area contributed by atoms with E-state index in [9.17, 15) is 4.79 Å². The number of benzene rings is 1. The molecular formula is C18H24ClN3O. The predicted molar refractivity (Wildman–Crippen MR) is 97.0 cm³/mol. The van der Waals surface area contributed by atoms with Crippen LogP contribution in [-0.4, -0.2) is 34.9 Å². The van der Waals surface area contributed by atoms with Crippen LogP contribution in [0.5, 0.6) is 0 Å². The summed E-state index contributed by atoms with van der Waals surface area (Å²) in [5.74, 6) is 0.212.